The van der Waals surface area contributed by atoms with Crippen LogP contribution >= 0.6 is 0 Å². The van der Waals surface area contributed by atoms with Crippen LogP contribution in [0, 0.1) is 0 Å². The van der Waals surface area contributed by atoms with E-state index in [1.807, 2.05) is 30.3 Å². The number of aromatic nitrogens is 4. The third kappa shape index (κ3) is 6.31. The quantitative estimate of drug-likeness (QED) is 0.156. The van der Waals surface area contributed by atoms with Gasteiger partial charge in [-0.1, -0.05) is 182 Å². The van der Waals surface area contributed by atoms with Crippen molar-refractivity contribution in [2.45, 2.75) is 0 Å². The maximum absolute atomic E-state index is 6.75. The van der Waals surface area contributed by atoms with Crippen molar-refractivity contribution in [2.24, 2.45) is 0 Å². The third-order valence-corrected chi connectivity index (χ3v) is 14.6. The lowest BCUT2D eigenvalue weighted by molar-refractivity contribution is 0.669. The maximum atomic E-state index is 6.75. The highest BCUT2D eigenvalue weighted by Crippen LogP contribution is 2.43. The number of rotatable bonds is 6. The van der Waals surface area contributed by atoms with Gasteiger partial charge in [0.05, 0.1) is 11.0 Å². The Kier molecular flexibility index (Phi) is 8.89. The summed E-state index contributed by atoms with van der Waals surface area (Å²) in [6.07, 6.45) is 0. The third-order valence-electron chi connectivity index (χ3n) is 14.6. The van der Waals surface area contributed by atoms with Crippen LogP contribution in [0.3, 0.4) is 0 Å². The van der Waals surface area contributed by atoms with Crippen LogP contribution in [0.15, 0.2) is 247 Å². The zero-order chi connectivity index (χ0) is 47.3. The number of nitrogens with zero attached hydrogens (tertiary/aromatic N) is 4. The van der Waals surface area contributed by atoms with Gasteiger partial charge in [-0.25, -0.2) is 15.0 Å². The van der Waals surface area contributed by atoms with E-state index in [0.29, 0.717) is 17.5 Å². The molecule has 15 rings (SSSR count). The van der Waals surface area contributed by atoms with Gasteiger partial charge >= 0.3 is 0 Å². The summed E-state index contributed by atoms with van der Waals surface area (Å²) in [6.45, 7) is 0. The molecule has 334 valence electrons. The van der Waals surface area contributed by atoms with Crippen LogP contribution in [0.1, 0.15) is 0 Å². The molecular weight excluding hydrogens is 877 g/mol. The van der Waals surface area contributed by atoms with Crippen LogP contribution in [0.25, 0.3) is 149 Å². The van der Waals surface area contributed by atoms with Crippen LogP contribution in [-0.4, -0.2) is 19.5 Å². The molecule has 12 aromatic carbocycles. The van der Waals surface area contributed by atoms with Crippen LogP contribution in [-0.2, 0) is 0 Å². The zero-order valence-electron chi connectivity index (χ0n) is 38.8. The molecule has 0 amide bonds. The Morgan fingerprint density at radius 2 is 0.806 bits per heavy atom. The standard InChI is InChI=1S/C67H40N4O/c1-3-16-42(17-4-1)65-68-66(46-19-13-18-43(37-46)44-29-33-55-53-25-10-9-23-51(53)52-24-11-12-26-54(52)57(55)38-44)70-67(69-65)47-30-34-56-62(40-47)72-61-28-14-27-50(64(56)61)45-32-35-59-58(39-45)63-49-22-8-7-15-41(49)31-36-60(63)71(59)48-20-5-2-6-21-48/h1-40H. The van der Waals surface area contributed by atoms with Gasteiger partial charge in [0.2, 0.25) is 0 Å². The molecule has 0 atom stereocenters. The molecule has 0 spiro atoms. The van der Waals surface area contributed by atoms with Gasteiger partial charge in [0.25, 0.3) is 0 Å². The molecular formula is C67H40N4O. The molecule has 0 fully saturated rings. The Bertz CT molecular complexity index is 4650. The summed E-state index contributed by atoms with van der Waals surface area (Å²) in [5, 5.41) is 14.5. The van der Waals surface area contributed by atoms with Gasteiger partial charge in [-0.3, -0.25) is 0 Å². The Morgan fingerprint density at radius 1 is 0.278 bits per heavy atom. The molecule has 0 unspecified atom stereocenters. The lowest BCUT2D eigenvalue weighted by atomic mass is 9.92. The van der Waals surface area contributed by atoms with Gasteiger partial charge in [-0.15, -0.1) is 0 Å². The normalized spacial score (nSPS) is 11.9. The number of hydrogen-bond donors (Lipinski definition) is 0. The molecule has 3 heterocycles. The van der Waals surface area contributed by atoms with E-state index < -0.39 is 0 Å². The number of hydrogen-bond acceptors (Lipinski definition) is 4. The van der Waals surface area contributed by atoms with Crippen molar-refractivity contribution < 1.29 is 4.42 Å². The number of para-hydroxylation sites is 1. The summed E-state index contributed by atoms with van der Waals surface area (Å²) in [4.78, 5) is 15.5. The highest BCUT2D eigenvalue weighted by atomic mass is 16.3. The van der Waals surface area contributed by atoms with Crippen LogP contribution in [0.5, 0.6) is 0 Å². The van der Waals surface area contributed by atoms with Crippen LogP contribution in [0.4, 0.5) is 0 Å². The van der Waals surface area contributed by atoms with E-state index in [-0.39, 0.29) is 0 Å². The average Bonchev–Trinajstić information content (AvgIpc) is 4.01. The molecule has 3 aromatic heterocycles. The van der Waals surface area contributed by atoms with Crippen molar-refractivity contribution in [3.05, 3.63) is 243 Å². The first-order chi connectivity index (χ1) is 35.7. The smallest absolute Gasteiger partial charge is 0.164 e. The maximum Gasteiger partial charge on any atom is 0.164 e. The average molecular weight is 917 g/mol. The van der Waals surface area contributed by atoms with Gasteiger partial charge in [-0.05, 0) is 126 Å². The highest BCUT2D eigenvalue weighted by Gasteiger charge is 2.20. The summed E-state index contributed by atoms with van der Waals surface area (Å²) >= 11 is 0. The van der Waals surface area contributed by atoms with E-state index in [1.54, 1.807) is 0 Å². The molecule has 0 bridgehead atoms. The molecule has 0 aliphatic heterocycles. The lowest BCUT2D eigenvalue weighted by Gasteiger charge is -2.13. The molecule has 72 heavy (non-hydrogen) atoms. The van der Waals surface area contributed by atoms with Gasteiger partial charge in [0.1, 0.15) is 11.2 Å². The van der Waals surface area contributed by atoms with Crippen molar-refractivity contribution >= 4 is 86.8 Å². The Labute approximate surface area is 413 Å². The minimum atomic E-state index is 0.573. The summed E-state index contributed by atoms with van der Waals surface area (Å²) < 4.78 is 9.14. The predicted molar refractivity (Wildman–Crippen MR) is 299 cm³/mol. The molecule has 0 N–H and O–H groups in total. The number of benzene rings is 12. The van der Waals surface area contributed by atoms with Crippen molar-refractivity contribution in [1.82, 2.24) is 19.5 Å². The Balaban J connectivity index is 0.854. The SMILES string of the molecule is c1ccc(-c2nc(-c3cccc(-c4ccc5c6ccccc6c6ccccc6c5c4)c3)nc(-c3ccc4c(c3)oc3cccc(-c5ccc6c(c5)c5c7ccccc7ccc5n6-c5ccccc5)c34)n2)cc1. The summed E-state index contributed by atoms with van der Waals surface area (Å²) in [7, 11) is 0. The van der Waals surface area contributed by atoms with E-state index in [4.69, 9.17) is 19.4 Å². The zero-order valence-corrected chi connectivity index (χ0v) is 38.8. The Morgan fingerprint density at radius 3 is 1.57 bits per heavy atom. The lowest BCUT2D eigenvalue weighted by Crippen LogP contribution is -2.00. The first-order valence-corrected chi connectivity index (χ1v) is 24.4. The molecule has 5 nitrogen and oxygen atoms in total. The van der Waals surface area contributed by atoms with Crippen LogP contribution in [0.2, 0.25) is 0 Å². The second-order valence-electron chi connectivity index (χ2n) is 18.7. The van der Waals surface area contributed by atoms with Gasteiger partial charge in [-0.2, -0.15) is 0 Å². The van der Waals surface area contributed by atoms with Gasteiger partial charge < -0.3 is 8.98 Å². The van der Waals surface area contributed by atoms with E-state index in [2.05, 4.69) is 217 Å². The van der Waals surface area contributed by atoms with E-state index >= 15 is 0 Å². The van der Waals surface area contributed by atoms with Crippen molar-refractivity contribution in [2.75, 3.05) is 0 Å². The molecule has 5 heteroatoms. The highest BCUT2D eigenvalue weighted by molar-refractivity contribution is 6.26. The Hall–Kier alpha value is -9.71. The van der Waals surface area contributed by atoms with E-state index in [9.17, 15) is 0 Å². The molecule has 0 aliphatic carbocycles. The fourth-order valence-corrected chi connectivity index (χ4v) is 11.3. The van der Waals surface area contributed by atoms with E-state index in [1.165, 1.54) is 64.9 Å². The molecule has 0 saturated carbocycles. The minimum Gasteiger partial charge on any atom is -0.456 e. The first kappa shape index (κ1) is 40.2. The summed E-state index contributed by atoms with van der Waals surface area (Å²) in [5.74, 6) is 1.78. The monoisotopic (exact) mass is 916 g/mol. The second kappa shape index (κ2) is 15.9. The first-order valence-electron chi connectivity index (χ1n) is 24.4. The van der Waals surface area contributed by atoms with Crippen molar-refractivity contribution in [1.29, 1.82) is 0 Å². The van der Waals surface area contributed by atoms with Gasteiger partial charge in [0.15, 0.2) is 17.5 Å². The molecule has 0 radical (unpaired) electrons. The number of fused-ring (bicyclic) bond motifs is 14. The van der Waals surface area contributed by atoms with Crippen molar-refractivity contribution in [3.8, 4) is 62.1 Å². The molecule has 0 aliphatic rings. The van der Waals surface area contributed by atoms with Crippen LogP contribution < -0.4 is 0 Å². The number of furan rings is 1. The fourth-order valence-electron chi connectivity index (χ4n) is 11.3. The van der Waals surface area contributed by atoms with E-state index in [0.717, 1.165) is 66.6 Å². The minimum absolute atomic E-state index is 0.573. The van der Waals surface area contributed by atoms with Gasteiger partial charge in [0, 0.05) is 43.9 Å². The summed E-state index contributed by atoms with van der Waals surface area (Å²) in [5.41, 5.74) is 12.2. The second-order valence-corrected chi connectivity index (χ2v) is 18.7. The fraction of sp³-hybridized carbons (Fsp3) is 0. The molecule has 0 saturated heterocycles. The topological polar surface area (TPSA) is 56.7 Å². The predicted octanol–water partition coefficient (Wildman–Crippen LogP) is 17.8. The molecule has 15 aromatic rings. The van der Waals surface area contributed by atoms with Crippen molar-refractivity contribution in [3.63, 3.8) is 0 Å². The summed E-state index contributed by atoms with van der Waals surface area (Å²) in [6, 6.07) is 86.4. The largest absolute Gasteiger partial charge is 0.456 e.